The number of ether oxygens (including phenoxy) is 2. The average molecular weight is 599 g/mol. The molecular formula is C34H34N2O6S. The number of esters is 2. The Labute approximate surface area is 255 Å². The minimum Gasteiger partial charge on any atom is -0.455 e. The van der Waals surface area contributed by atoms with E-state index in [0.717, 1.165) is 16.7 Å². The summed E-state index contributed by atoms with van der Waals surface area (Å²) >= 11 is 1.36. The molecule has 0 bridgehead atoms. The maximum Gasteiger partial charge on any atom is 0.334 e. The van der Waals surface area contributed by atoms with E-state index < -0.39 is 47.0 Å². The van der Waals surface area contributed by atoms with Crippen molar-refractivity contribution in [1.82, 2.24) is 10.2 Å². The van der Waals surface area contributed by atoms with Crippen LogP contribution in [-0.2, 0) is 35.1 Å². The molecule has 43 heavy (non-hydrogen) atoms. The van der Waals surface area contributed by atoms with Gasteiger partial charge in [-0.05, 0) is 23.6 Å². The van der Waals surface area contributed by atoms with E-state index in [9.17, 15) is 19.2 Å². The van der Waals surface area contributed by atoms with Crippen molar-refractivity contribution in [2.24, 2.45) is 0 Å². The van der Waals surface area contributed by atoms with Gasteiger partial charge in [-0.1, -0.05) is 103 Å². The lowest BCUT2D eigenvalue weighted by Crippen LogP contribution is -2.79. The van der Waals surface area contributed by atoms with Gasteiger partial charge in [-0.3, -0.25) is 14.4 Å². The molecule has 2 fully saturated rings. The van der Waals surface area contributed by atoms with Crippen molar-refractivity contribution < 1.29 is 28.7 Å². The zero-order valence-corrected chi connectivity index (χ0v) is 24.9. The largest absolute Gasteiger partial charge is 0.455 e. The van der Waals surface area contributed by atoms with Crippen LogP contribution >= 0.6 is 11.8 Å². The Bertz CT molecular complexity index is 1440. The highest BCUT2D eigenvalue weighted by atomic mass is 32.2. The Balaban J connectivity index is 1.46. The molecular weight excluding hydrogens is 564 g/mol. The highest BCUT2D eigenvalue weighted by Gasteiger charge is 2.65. The smallest absolute Gasteiger partial charge is 0.334 e. The Morgan fingerprint density at radius 2 is 1.51 bits per heavy atom. The minimum atomic E-state index is -1.40. The van der Waals surface area contributed by atoms with E-state index in [1.807, 2.05) is 91.0 Å². The summed E-state index contributed by atoms with van der Waals surface area (Å²) < 4.78 is 12.1. The summed E-state index contributed by atoms with van der Waals surface area (Å²) in [4.78, 5) is 54.7. The summed E-state index contributed by atoms with van der Waals surface area (Å²) in [6.45, 7) is 7.08. The second-order valence-corrected chi connectivity index (χ2v) is 12.1. The van der Waals surface area contributed by atoms with Crippen LogP contribution < -0.4 is 5.32 Å². The van der Waals surface area contributed by atoms with E-state index in [1.54, 1.807) is 6.92 Å². The molecule has 4 atom stereocenters. The molecule has 3 aromatic carbocycles. The fourth-order valence-electron chi connectivity index (χ4n) is 5.79. The molecule has 0 aliphatic carbocycles. The second-order valence-electron chi connectivity index (χ2n) is 11.0. The molecule has 2 amide bonds. The van der Waals surface area contributed by atoms with E-state index in [0.29, 0.717) is 5.57 Å². The average Bonchev–Trinajstić information content (AvgIpc) is 2.99. The molecule has 9 heteroatoms. The number of carbonyl (C=O) groups is 4. The van der Waals surface area contributed by atoms with Gasteiger partial charge in [0, 0.05) is 19.1 Å². The third-order valence-corrected chi connectivity index (χ3v) is 8.98. The predicted molar refractivity (Wildman–Crippen MR) is 164 cm³/mol. The van der Waals surface area contributed by atoms with Crippen molar-refractivity contribution >= 4 is 35.5 Å². The fourth-order valence-corrected chi connectivity index (χ4v) is 7.33. The van der Waals surface area contributed by atoms with Crippen LogP contribution in [0.1, 0.15) is 43.1 Å². The van der Waals surface area contributed by atoms with E-state index >= 15 is 0 Å². The number of thioether (sulfide) groups is 1. The van der Waals surface area contributed by atoms with Gasteiger partial charge in [0.2, 0.25) is 11.8 Å². The number of amides is 2. The molecule has 2 aliphatic rings. The van der Waals surface area contributed by atoms with Crippen molar-refractivity contribution in [3.05, 3.63) is 120 Å². The molecule has 0 spiro atoms. The van der Waals surface area contributed by atoms with Crippen LogP contribution in [0.25, 0.3) is 0 Å². The molecule has 2 aliphatic heterocycles. The van der Waals surface area contributed by atoms with Crippen molar-refractivity contribution in [2.75, 3.05) is 5.75 Å². The molecule has 1 N–H and O–H groups in total. The lowest BCUT2D eigenvalue weighted by atomic mass is 9.84. The molecule has 2 heterocycles. The first-order valence-electron chi connectivity index (χ1n) is 14.1. The molecule has 0 aromatic heterocycles. The van der Waals surface area contributed by atoms with Gasteiger partial charge < -0.3 is 19.7 Å². The quantitative estimate of drug-likeness (QED) is 0.207. The number of β-lactam (4-membered cyclic amide) rings is 1. The summed E-state index contributed by atoms with van der Waals surface area (Å²) in [6.07, 6.45) is -0.487. The van der Waals surface area contributed by atoms with Crippen LogP contribution in [0.4, 0.5) is 0 Å². The first kappa shape index (κ1) is 30.1. The van der Waals surface area contributed by atoms with Crippen LogP contribution in [0.5, 0.6) is 0 Å². The van der Waals surface area contributed by atoms with E-state index in [2.05, 4.69) is 11.9 Å². The number of hydrogen-bond donors (Lipinski definition) is 1. The van der Waals surface area contributed by atoms with E-state index in [-0.39, 0.29) is 24.5 Å². The second kappa shape index (κ2) is 12.9. The summed E-state index contributed by atoms with van der Waals surface area (Å²) in [5, 5.41) is 2.31. The van der Waals surface area contributed by atoms with Crippen molar-refractivity contribution in [3.8, 4) is 0 Å². The molecule has 0 radical (unpaired) electrons. The number of hydrogen-bond acceptors (Lipinski definition) is 7. The summed E-state index contributed by atoms with van der Waals surface area (Å²) in [7, 11) is 0. The molecule has 5 rings (SSSR count). The molecule has 8 nitrogen and oxygen atoms in total. The highest BCUT2D eigenvalue weighted by molar-refractivity contribution is 8.00. The Kier molecular flexibility index (Phi) is 9.01. The molecule has 3 aromatic rings. The number of benzene rings is 3. The zero-order valence-electron chi connectivity index (χ0n) is 24.1. The first-order chi connectivity index (χ1) is 20.7. The topological polar surface area (TPSA) is 102 Å². The molecule has 0 unspecified atom stereocenters. The van der Waals surface area contributed by atoms with Crippen LogP contribution in [0.2, 0.25) is 0 Å². The van der Waals surface area contributed by atoms with Gasteiger partial charge in [-0.25, -0.2) is 4.79 Å². The highest BCUT2D eigenvalue weighted by Crippen LogP contribution is 2.47. The van der Waals surface area contributed by atoms with Crippen LogP contribution in [-0.4, -0.2) is 57.5 Å². The molecule has 222 valence electrons. The van der Waals surface area contributed by atoms with Crippen LogP contribution in [0.3, 0.4) is 0 Å². The molecule has 2 saturated heterocycles. The lowest BCUT2D eigenvalue weighted by Gasteiger charge is -2.58. The number of rotatable bonds is 10. The number of nitrogens with one attached hydrogen (secondary N) is 1. The summed E-state index contributed by atoms with van der Waals surface area (Å²) in [5.74, 6) is -1.81. The third kappa shape index (κ3) is 6.51. The summed E-state index contributed by atoms with van der Waals surface area (Å²) in [5.41, 5.74) is 1.61. The van der Waals surface area contributed by atoms with E-state index in [4.69, 9.17) is 9.47 Å². The van der Waals surface area contributed by atoms with Crippen molar-refractivity contribution in [2.45, 2.75) is 55.9 Å². The van der Waals surface area contributed by atoms with Gasteiger partial charge in [0.25, 0.3) is 0 Å². The Hall–Kier alpha value is -4.37. The monoisotopic (exact) mass is 598 g/mol. The lowest BCUT2D eigenvalue weighted by molar-refractivity contribution is -0.190. The number of nitrogens with zero attached hydrogens (tertiary/aromatic N) is 1. The molecule has 0 saturated carbocycles. The Morgan fingerprint density at radius 3 is 2.05 bits per heavy atom. The number of carbonyl (C=O) groups excluding carboxylic acids is 4. The van der Waals surface area contributed by atoms with Gasteiger partial charge in [-0.15, -0.1) is 11.8 Å². The van der Waals surface area contributed by atoms with E-state index in [1.165, 1.54) is 23.6 Å². The summed E-state index contributed by atoms with van der Waals surface area (Å²) in [6, 6.07) is 25.8. The minimum absolute atomic E-state index is 0.121. The van der Waals surface area contributed by atoms with Crippen LogP contribution in [0.15, 0.2) is 103 Å². The van der Waals surface area contributed by atoms with Gasteiger partial charge in [0.15, 0.2) is 17.7 Å². The predicted octanol–water partition coefficient (Wildman–Crippen LogP) is 4.60. The standard InChI is InChI=1S/C34H34N2O6S/c1-22(2)20-34(42-23(3)37)21-43-32-28(35-27(38)19-24-13-7-4-8-14-24)31(39)36(32)30(34)33(40)41-29(25-15-9-5-10-16-25)26-17-11-6-12-18-26/h4-18,28-30,32H,1,19-21H2,2-3H3,(H,35,38)/t28-,30+,32-,34+/m1/s1. The van der Waals surface area contributed by atoms with Gasteiger partial charge in [0.1, 0.15) is 11.4 Å². The SMILES string of the molecule is C=C(C)C[C@]1(OC(C)=O)CS[C@@H]2[C@H](NC(=O)Cc3ccccc3)C(=O)N2[C@H]1C(=O)OC(c1ccccc1)c1ccccc1. The van der Waals surface area contributed by atoms with Crippen molar-refractivity contribution in [3.63, 3.8) is 0 Å². The van der Waals surface area contributed by atoms with Gasteiger partial charge in [0.05, 0.1) is 6.42 Å². The van der Waals surface area contributed by atoms with Gasteiger partial charge in [-0.2, -0.15) is 0 Å². The zero-order chi connectivity index (χ0) is 30.6. The number of fused-ring (bicyclic) bond motifs is 1. The Morgan fingerprint density at radius 1 is 0.953 bits per heavy atom. The van der Waals surface area contributed by atoms with Crippen LogP contribution in [0, 0.1) is 0 Å². The fraction of sp³-hybridized carbons (Fsp3) is 0.294. The third-order valence-electron chi connectivity index (χ3n) is 7.49. The normalized spacial score (nSPS) is 22.6. The first-order valence-corrected chi connectivity index (χ1v) is 15.1. The van der Waals surface area contributed by atoms with Gasteiger partial charge >= 0.3 is 11.9 Å². The van der Waals surface area contributed by atoms with Crippen molar-refractivity contribution in [1.29, 1.82) is 0 Å². The maximum atomic E-state index is 14.3. The maximum absolute atomic E-state index is 14.3.